The molecule has 0 heterocycles. The van der Waals surface area contributed by atoms with E-state index in [1.54, 1.807) is 14.2 Å². The van der Waals surface area contributed by atoms with Crippen LogP contribution in [0.5, 0.6) is 11.5 Å². The van der Waals surface area contributed by atoms with E-state index in [0.29, 0.717) is 30.2 Å². The fourth-order valence-corrected chi connectivity index (χ4v) is 3.12. The zero-order chi connectivity index (χ0) is 19.8. The number of carbonyl (C=O) groups is 1. The predicted octanol–water partition coefficient (Wildman–Crippen LogP) is 4.59. The highest BCUT2D eigenvalue weighted by molar-refractivity contribution is 5.94. The first-order valence-corrected chi connectivity index (χ1v) is 9.30. The second kappa shape index (κ2) is 9.60. The Morgan fingerprint density at radius 3 is 2.07 bits per heavy atom. The number of rotatable bonds is 8. The molecule has 3 aromatic rings. The van der Waals surface area contributed by atoms with Gasteiger partial charge in [0.05, 0.1) is 14.2 Å². The third-order valence-corrected chi connectivity index (χ3v) is 4.64. The van der Waals surface area contributed by atoms with Gasteiger partial charge < -0.3 is 14.4 Å². The molecule has 0 unspecified atom stereocenters. The molecule has 4 nitrogen and oxygen atoms in total. The van der Waals surface area contributed by atoms with Gasteiger partial charge in [0.25, 0.3) is 5.91 Å². The summed E-state index contributed by atoms with van der Waals surface area (Å²) in [5, 5.41) is 0. The molecule has 0 bridgehead atoms. The summed E-state index contributed by atoms with van der Waals surface area (Å²) in [5.74, 6) is 1.43. The van der Waals surface area contributed by atoms with Crippen molar-refractivity contribution in [2.75, 3.05) is 20.8 Å². The van der Waals surface area contributed by atoms with Gasteiger partial charge in [0.2, 0.25) is 0 Å². The van der Waals surface area contributed by atoms with Crippen LogP contribution < -0.4 is 9.47 Å². The van der Waals surface area contributed by atoms with Crippen molar-refractivity contribution in [1.82, 2.24) is 4.90 Å². The van der Waals surface area contributed by atoms with Gasteiger partial charge in [-0.25, -0.2) is 0 Å². The van der Waals surface area contributed by atoms with Crippen LogP contribution in [0.1, 0.15) is 21.5 Å². The van der Waals surface area contributed by atoms with Crippen LogP contribution in [0, 0.1) is 0 Å². The first kappa shape index (κ1) is 19.5. The van der Waals surface area contributed by atoms with Crippen molar-refractivity contribution in [3.05, 3.63) is 95.6 Å². The Hall–Kier alpha value is -3.27. The molecule has 0 N–H and O–H groups in total. The number of hydrogen-bond acceptors (Lipinski definition) is 3. The summed E-state index contributed by atoms with van der Waals surface area (Å²) in [6.45, 7) is 1.18. The summed E-state index contributed by atoms with van der Waals surface area (Å²) in [6, 6.07) is 25.3. The van der Waals surface area contributed by atoms with Crippen LogP contribution >= 0.6 is 0 Å². The smallest absolute Gasteiger partial charge is 0.254 e. The maximum absolute atomic E-state index is 13.1. The number of ether oxygens (including phenoxy) is 2. The van der Waals surface area contributed by atoms with Gasteiger partial charge in [0.1, 0.15) is 0 Å². The Bertz CT molecular complexity index is 894. The fraction of sp³-hybridized carbons (Fsp3) is 0.208. The van der Waals surface area contributed by atoms with Gasteiger partial charge in [0, 0.05) is 18.7 Å². The van der Waals surface area contributed by atoms with Crippen LogP contribution in [-0.2, 0) is 13.0 Å². The topological polar surface area (TPSA) is 38.8 Å². The Morgan fingerprint density at radius 1 is 0.786 bits per heavy atom. The molecule has 1 amide bonds. The van der Waals surface area contributed by atoms with Gasteiger partial charge in [0.15, 0.2) is 11.5 Å². The lowest BCUT2D eigenvalue weighted by Gasteiger charge is -2.23. The van der Waals surface area contributed by atoms with E-state index in [9.17, 15) is 4.79 Å². The van der Waals surface area contributed by atoms with Gasteiger partial charge in [-0.2, -0.15) is 0 Å². The highest BCUT2D eigenvalue weighted by Crippen LogP contribution is 2.27. The van der Waals surface area contributed by atoms with Crippen molar-refractivity contribution >= 4 is 5.91 Å². The number of nitrogens with zero attached hydrogens (tertiary/aromatic N) is 1. The van der Waals surface area contributed by atoms with Crippen molar-refractivity contribution in [3.63, 3.8) is 0 Å². The highest BCUT2D eigenvalue weighted by atomic mass is 16.5. The van der Waals surface area contributed by atoms with E-state index in [-0.39, 0.29) is 5.91 Å². The van der Waals surface area contributed by atoms with E-state index in [4.69, 9.17) is 9.47 Å². The number of methoxy groups -OCH3 is 2. The van der Waals surface area contributed by atoms with Crippen LogP contribution in [0.2, 0.25) is 0 Å². The molecule has 0 spiro atoms. The lowest BCUT2D eigenvalue weighted by Crippen LogP contribution is -2.32. The van der Waals surface area contributed by atoms with Gasteiger partial charge in [-0.05, 0) is 41.8 Å². The molecular formula is C24H25NO3. The zero-order valence-corrected chi connectivity index (χ0v) is 16.3. The molecule has 0 aliphatic carbocycles. The lowest BCUT2D eigenvalue weighted by molar-refractivity contribution is 0.0745. The highest BCUT2D eigenvalue weighted by Gasteiger charge is 2.16. The van der Waals surface area contributed by atoms with Crippen LogP contribution in [0.3, 0.4) is 0 Å². The summed E-state index contributed by atoms with van der Waals surface area (Å²) in [4.78, 5) is 15.0. The number of benzene rings is 3. The standard InChI is InChI=1S/C24H25NO3/c1-27-22-14-13-19(17-23(22)28-2)15-16-25(18-20-9-5-3-6-10-20)24(26)21-11-7-4-8-12-21/h3-14,17H,15-16,18H2,1-2H3. The van der Waals surface area contributed by atoms with E-state index in [1.807, 2.05) is 83.8 Å². The average Bonchev–Trinajstić information content (AvgIpc) is 2.77. The monoisotopic (exact) mass is 375 g/mol. The van der Waals surface area contributed by atoms with Crippen LogP contribution in [0.15, 0.2) is 78.9 Å². The van der Waals surface area contributed by atoms with Crippen molar-refractivity contribution in [3.8, 4) is 11.5 Å². The average molecular weight is 375 g/mol. The second-order valence-electron chi connectivity index (χ2n) is 6.52. The van der Waals surface area contributed by atoms with Gasteiger partial charge >= 0.3 is 0 Å². The van der Waals surface area contributed by atoms with Crippen LogP contribution in [0.25, 0.3) is 0 Å². The van der Waals surface area contributed by atoms with E-state index in [2.05, 4.69) is 0 Å². The third kappa shape index (κ3) is 4.92. The van der Waals surface area contributed by atoms with Crippen molar-refractivity contribution in [2.24, 2.45) is 0 Å². The molecule has 28 heavy (non-hydrogen) atoms. The Balaban J connectivity index is 1.78. The summed E-state index contributed by atoms with van der Waals surface area (Å²) in [7, 11) is 3.25. The second-order valence-corrected chi connectivity index (χ2v) is 6.52. The molecule has 0 fully saturated rings. The number of carbonyl (C=O) groups excluding carboxylic acids is 1. The molecule has 0 saturated heterocycles. The quantitative estimate of drug-likeness (QED) is 0.578. The molecule has 0 aromatic heterocycles. The summed E-state index contributed by atoms with van der Waals surface area (Å²) >= 11 is 0. The Labute approximate surface area is 166 Å². The Kier molecular flexibility index (Phi) is 6.68. The van der Waals surface area contributed by atoms with Crippen LogP contribution in [-0.4, -0.2) is 31.6 Å². The Morgan fingerprint density at radius 2 is 1.43 bits per heavy atom. The van der Waals surface area contributed by atoms with Gasteiger partial charge in [-0.1, -0.05) is 54.6 Å². The van der Waals surface area contributed by atoms with Crippen molar-refractivity contribution in [2.45, 2.75) is 13.0 Å². The SMILES string of the molecule is COc1ccc(CCN(Cc2ccccc2)C(=O)c2ccccc2)cc1OC. The normalized spacial score (nSPS) is 10.4. The van der Waals surface area contributed by atoms with Crippen molar-refractivity contribution < 1.29 is 14.3 Å². The van der Waals surface area contributed by atoms with Gasteiger partial charge in [-0.15, -0.1) is 0 Å². The summed E-state index contributed by atoms with van der Waals surface area (Å²) in [6.07, 6.45) is 0.728. The van der Waals surface area contributed by atoms with Crippen LogP contribution in [0.4, 0.5) is 0 Å². The minimum Gasteiger partial charge on any atom is -0.493 e. The molecule has 0 saturated carbocycles. The molecule has 3 rings (SSSR count). The molecule has 0 aliphatic heterocycles. The zero-order valence-electron chi connectivity index (χ0n) is 16.3. The molecule has 3 aromatic carbocycles. The van der Waals surface area contributed by atoms with E-state index in [1.165, 1.54) is 0 Å². The first-order valence-electron chi connectivity index (χ1n) is 9.30. The summed E-state index contributed by atoms with van der Waals surface area (Å²) in [5.41, 5.74) is 2.90. The lowest BCUT2D eigenvalue weighted by atomic mass is 10.1. The minimum atomic E-state index is 0.0323. The molecular weight excluding hydrogens is 350 g/mol. The fourth-order valence-electron chi connectivity index (χ4n) is 3.12. The predicted molar refractivity (Wildman–Crippen MR) is 111 cm³/mol. The first-order chi connectivity index (χ1) is 13.7. The molecule has 4 heteroatoms. The van der Waals surface area contributed by atoms with Crippen molar-refractivity contribution in [1.29, 1.82) is 0 Å². The molecule has 0 radical (unpaired) electrons. The van der Waals surface area contributed by atoms with E-state index in [0.717, 1.165) is 17.5 Å². The van der Waals surface area contributed by atoms with E-state index >= 15 is 0 Å². The maximum atomic E-state index is 13.1. The van der Waals surface area contributed by atoms with Gasteiger partial charge in [-0.3, -0.25) is 4.79 Å². The number of amides is 1. The van der Waals surface area contributed by atoms with E-state index < -0.39 is 0 Å². The third-order valence-electron chi connectivity index (χ3n) is 4.64. The largest absolute Gasteiger partial charge is 0.493 e. The number of hydrogen-bond donors (Lipinski definition) is 0. The summed E-state index contributed by atoms with van der Waals surface area (Å²) < 4.78 is 10.7. The molecule has 144 valence electrons. The molecule has 0 atom stereocenters. The molecule has 0 aliphatic rings. The minimum absolute atomic E-state index is 0.0323. The maximum Gasteiger partial charge on any atom is 0.254 e.